The number of aromatic nitrogens is 1. The Labute approximate surface area is 196 Å². The second kappa shape index (κ2) is 10.2. The molecule has 3 aromatic rings. The Morgan fingerprint density at radius 1 is 1.15 bits per heavy atom. The smallest absolute Gasteiger partial charge is 0.230 e. The largest absolute Gasteiger partial charge is 0.494 e. The molecule has 4 rings (SSSR count). The summed E-state index contributed by atoms with van der Waals surface area (Å²) in [6.45, 7) is 5.12. The van der Waals surface area contributed by atoms with Crippen molar-refractivity contribution in [3.63, 3.8) is 0 Å². The molecule has 1 unspecified atom stereocenters. The van der Waals surface area contributed by atoms with Gasteiger partial charge in [-0.2, -0.15) is 0 Å². The van der Waals surface area contributed by atoms with Crippen LogP contribution in [0.3, 0.4) is 0 Å². The zero-order valence-electron chi connectivity index (χ0n) is 19.8. The highest BCUT2D eigenvalue weighted by molar-refractivity contribution is 5.83. The van der Waals surface area contributed by atoms with Gasteiger partial charge in [-0.15, -0.1) is 0 Å². The first-order valence-corrected chi connectivity index (χ1v) is 11.7. The van der Waals surface area contributed by atoms with E-state index < -0.39 is 5.41 Å². The van der Waals surface area contributed by atoms with Crippen molar-refractivity contribution >= 4 is 5.91 Å². The lowest BCUT2D eigenvalue weighted by Crippen LogP contribution is -2.52. The van der Waals surface area contributed by atoms with E-state index in [0.717, 1.165) is 48.7 Å². The Morgan fingerprint density at radius 2 is 1.91 bits per heavy atom. The molecule has 1 aromatic heterocycles. The van der Waals surface area contributed by atoms with Gasteiger partial charge >= 0.3 is 0 Å². The van der Waals surface area contributed by atoms with Crippen molar-refractivity contribution in [3.05, 3.63) is 72.0 Å². The quantitative estimate of drug-likeness (QED) is 0.503. The van der Waals surface area contributed by atoms with Crippen molar-refractivity contribution in [1.29, 1.82) is 0 Å². The fraction of sp³-hybridized carbons (Fsp3) is 0.407. The van der Waals surface area contributed by atoms with Crippen LogP contribution in [0.25, 0.3) is 11.3 Å². The van der Waals surface area contributed by atoms with E-state index >= 15 is 0 Å². The Hall–Kier alpha value is -3.12. The van der Waals surface area contributed by atoms with Crippen LogP contribution in [-0.4, -0.2) is 54.7 Å². The second-order valence-electron chi connectivity index (χ2n) is 9.09. The fourth-order valence-electron chi connectivity index (χ4n) is 4.82. The third-order valence-electron chi connectivity index (χ3n) is 6.30. The summed E-state index contributed by atoms with van der Waals surface area (Å²) in [7, 11) is 3.68. The van der Waals surface area contributed by atoms with Crippen LogP contribution in [0.5, 0.6) is 5.75 Å². The number of likely N-dealkylation sites (tertiary alicyclic amines) is 1. The summed E-state index contributed by atoms with van der Waals surface area (Å²) in [6.07, 6.45) is 2.35. The van der Waals surface area contributed by atoms with Gasteiger partial charge in [0.2, 0.25) is 5.91 Å². The van der Waals surface area contributed by atoms with Gasteiger partial charge < -0.3 is 14.2 Å². The minimum atomic E-state index is -0.527. The number of piperidine rings is 1. The highest BCUT2D eigenvalue weighted by Gasteiger charge is 2.44. The molecule has 6 nitrogen and oxygen atoms in total. The van der Waals surface area contributed by atoms with E-state index in [-0.39, 0.29) is 5.91 Å². The van der Waals surface area contributed by atoms with Crippen LogP contribution in [0.1, 0.15) is 31.1 Å². The molecule has 1 amide bonds. The molecule has 0 bridgehead atoms. The number of amides is 1. The van der Waals surface area contributed by atoms with Gasteiger partial charge in [0.15, 0.2) is 0 Å². The maximum Gasteiger partial charge on any atom is 0.230 e. The molecule has 2 aromatic carbocycles. The van der Waals surface area contributed by atoms with Crippen molar-refractivity contribution in [2.75, 3.05) is 33.8 Å². The van der Waals surface area contributed by atoms with Crippen LogP contribution in [0.2, 0.25) is 0 Å². The topological polar surface area (TPSA) is 58.8 Å². The van der Waals surface area contributed by atoms with Gasteiger partial charge in [0.05, 0.1) is 12.0 Å². The molecule has 6 heteroatoms. The second-order valence-corrected chi connectivity index (χ2v) is 9.09. The maximum atomic E-state index is 13.4. The number of nitrogens with zero attached hydrogens (tertiary/aromatic N) is 3. The highest BCUT2D eigenvalue weighted by Crippen LogP contribution is 2.37. The zero-order valence-corrected chi connectivity index (χ0v) is 19.8. The van der Waals surface area contributed by atoms with E-state index in [1.165, 1.54) is 5.56 Å². The van der Waals surface area contributed by atoms with Crippen LogP contribution in [-0.2, 0) is 17.8 Å². The molecule has 174 valence electrons. The average molecular weight is 448 g/mol. The monoisotopic (exact) mass is 447 g/mol. The summed E-state index contributed by atoms with van der Waals surface area (Å²) < 4.78 is 11.3. The lowest BCUT2D eigenvalue weighted by molar-refractivity contribution is -0.143. The van der Waals surface area contributed by atoms with Crippen LogP contribution in [0.4, 0.5) is 0 Å². The van der Waals surface area contributed by atoms with Crippen molar-refractivity contribution in [1.82, 2.24) is 15.0 Å². The molecule has 1 fully saturated rings. The number of ether oxygens (including phenoxy) is 1. The maximum absolute atomic E-state index is 13.4. The lowest BCUT2D eigenvalue weighted by atomic mass is 9.75. The summed E-state index contributed by atoms with van der Waals surface area (Å²) in [5.74, 6) is 1.79. The summed E-state index contributed by atoms with van der Waals surface area (Å²) in [5, 5.41) is 4.27. The van der Waals surface area contributed by atoms with Crippen molar-refractivity contribution in [2.45, 2.75) is 32.7 Å². The number of rotatable bonds is 8. The standard InChI is InChI=1S/C27H33N3O3/c1-4-32-23-13-11-21(12-14-23)19-30-16-8-15-27(20-30,26(31)29(2)3)18-24-17-25(28-33-24)22-9-6-5-7-10-22/h5-7,9-14,17H,4,8,15-16,18-20H2,1-3H3. The highest BCUT2D eigenvalue weighted by atomic mass is 16.5. The van der Waals surface area contributed by atoms with Gasteiger partial charge in [0.25, 0.3) is 0 Å². The Morgan fingerprint density at radius 3 is 2.61 bits per heavy atom. The molecule has 0 saturated carbocycles. The van der Waals surface area contributed by atoms with E-state index in [4.69, 9.17) is 9.26 Å². The van der Waals surface area contributed by atoms with Gasteiger partial charge in [-0.1, -0.05) is 47.6 Å². The SMILES string of the molecule is CCOc1ccc(CN2CCCC(Cc3cc(-c4ccccc4)no3)(C(=O)N(C)C)C2)cc1. The van der Waals surface area contributed by atoms with Gasteiger partial charge in [-0.25, -0.2) is 0 Å². The molecule has 0 spiro atoms. The van der Waals surface area contributed by atoms with Crippen molar-refractivity contribution < 1.29 is 14.1 Å². The predicted molar refractivity (Wildman–Crippen MR) is 129 cm³/mol. The third kappa shape index (κ3) is 5.45. The number of carbonyl (C=O) groups is 1. The summed E-state index contributed by atoms with van der Waals surface area (Å²) in [5.41, 5.74) is 2.51. The normalized spacial score (nSPS) is 18.8. The molecule has 1 atom stereocenters. The molecule has 33 heavy (non-hydrogen) atoms. The van der Waals surface area contributed by atoms with Gasteiger partial charge in [-0.3, -0.25) is 9.69 Å². The van der Waals surface area contributed by atoms with Crippen LogP contribution in [0.15, 0.2) is 65.2 Å². The molecule has 0 N–H and O–H groups in total. The summed E-state index contributed by atoms with van der Waals surface area (Å²) in [4.78, 5) is 17.5. The minimum Gasteiger partial charge on any atom is -0.494 e. The van der Waals surface area contributed by atoms with E-state index in [9.17, 15) is 4.79 Å². The number of benzene rings is 2. The van der Waals surface area contributed by atoms with E-state index in [1.807, 2.05) is 69.6 Å². The molecule has 0 aliphatic carbocycles. The summed E-state index contributed by atoms with van der Waals surface area (Å²) >= 11 is 0. The number of carbonyl (C=O) groups excluding carboxylic acids is 1. The first-order chi connectivity index (χ1) is 16.0. The molecule has 1 aliphatic rings. The number of hydrogen-bond donors (Lipinski definition) is 0. The third-order valence-corrected chi connectivity index (χ3v) is 6.30. The Balaban J connectivity index is 1.52. The zero-order chi connectivity index (χ0) is 23.3. The molecule has 0 radical (unpaired) electrons. The molecular weight excluding hydrogens is 414 g/mol. The molecular formula is C27H33N3O3. The summed E-state index contributed by atoms with van der Waals surface area (Å²) in [6, 6.07) is 20.2. The first kappa shape index (κ1) is 23.1. The van der Waals surface area contributed by atoms with Crippen LogP contribution in [0, 0.1) is 5.41 Å². The van der Waals surface area contributed by atoms with Gasteiger partial charge in [-0.05, 0) is 44.0 Å². The lowest BCUT2D eigenvalue weighted by Gasteiger charge is -2.42. The van der Waals surface area contributed by atoms with Crippen molar-refractivity contribution in [2.24, 2.45) is 5.41 Å². The minimum absolute atomic E-state index is 0.150. The Kier molecular flexibility index (Phi) is 7.14. The van der Waals surface area contributed by atoms with Crippen LogP contribution < -0.4 is 4.74 Å². The first-order valence-electron chi connectivity index (χ1n) is 11.7. The van der Waals surface area contributed by atoms with E-state index in [1.54, 1.807) is 4.90 Å². The molecule has 1 saturated heterocycles. The Bertz CT molecular complexity index is 1050. The van der Waals surface area contributed by atoms with Crippen LogP contribution >= 0.6 is 0 Å². The number of hydrogen-bond acceptors (Lipinski definition) is 5. The molecule has 2 heterocycles. The van der Waals surface area contributed by atoms with E-state index in [2.05, 4.69) is 22.2 Å². The molecule has 1 aliphatic heterocycles. The van der Waals surface area contributed by atoms with E-state index in [0.29, 0.717) is 19.6 Å². The van der Waals surface area contributed by atoms with Gasteiger partial charge in [0, 0.05) is 45.2 Å². The van der Waals surface area contributed by atoms with Crippen molar-refractivity contribution in [3.8, 4) is 17.0 Å². The fourth-order valence-corrected chi connectivity index (χ4v) is 4.82. The predicted octanol–water partition coefficient (Wildman–Crippen LogP) is 4.65. The average Bonchev–Trinajstić information content (AvgIpc) is 3.29. The van der Waals surface area contributed by atoms with Gasteiger partial charge in [0.1, 0.15) is 17.2 Å².